The molecule has 2 aromatic heterocycles. The lowest BCUT2D eigenvalue weighted by Crippen LogP contribution is -2.49. The Labute approximate surface area is 224 Å². The van der Waals surface area contributed by atoms with Crippen molar-refractivity contribution in [2.75, 3.05) is 13.6 Å². The molecule has 3 aliphatic carbocycles. The third-order valence-corrected chi connectivity index (χ3v) is 9.79. The van der Waals surface area contributed by atoms with E-state index in [1.54, 1.807) is 12.3 Å². The number of fused-ring (bicyclic) bond motifs is 2. The van der Waals surface area contributed by atoms with Crippen molar-refractivity contribution < 1.29 is 26.4 Å². The zero-order chi connectivity index (χ0) is 28.0. The number of rotatable bonds is 8. The summed E-state index contributed by atoms with van der Waals surface area (Å²) in [7, 11) is -2.62. The van der Waals surface area contributed by atoms with Crippen molar-refractivity contribution in [3.05, 3.63) is 63.7 Å². The van der Waals surface area contributed by atoms with Gasteiger partial charge in [0.05, 0.1) is 22.9 Å². The molecular weight excluding hydrogens is 533 g/mol. The van der Waals surface area contributed by atoms with Crippen molar-refractivity contribution in [3.63, 3.8) is 0 Å². The van der Waals surface area contributed by atoms with Crippen molar-refractivity contribution in [1.29, 1.82) is 0 Å². The van der Waals surface area contributed by atoms with E-state index in [1.807, 2.05) is 0 Å². The number of Topliss-reactive ketones (excluding diaryl/α,β-unsaturated/α-hetero) is 1. The van der Waals surface area contributed by atoms with E-state index in [1.165, 1.54) is 17.6 Å². The molecule has 0 aromatic carbocycles. The van der Waals surface area contributed by atoms with Gasteiger partial charge in [-0.05, 0) is 68.2 Å². The number of halogens is 3. The van der Waals surface area contributed by atoms with Crippen LogP contribution in [0, 0.1) is 11.3 Å². The molecule has 0 unspecified atom stereocenters. The molecule has 9 nitrogen and oxygen atoms in total. The van der Waals surface area contributed by atoms with Crippen molar-refractivity contribution in [2.45, 2.75) is 50.7 Å². The normalized spacial score (nSPS) is 24.0. The van der Waals surface area contributed by atoms with Gasteiger partial charge in [-0.2, -0.15) is 22.6 Å². The molecule has 0 saturated heterocycles. The van der Waals surface area contributed by atoms with Crippen molar-refractivity contribution in [2.24, 2.45) is 22.1 Å². The molecule has 3 N–H and O–H groups in total. The summed E-state index contributed by atoms with van der Waals surface area (Å²) in [5, 5.41) is 6.94. The second kappa shape index (κ2) is 10.0. The van der Waals surface area contributed by atoms with Gasteiger partial charge < -0.3 is 5.73 Å². The summed E-state index contributed by atoms with van der Waals surface area (Å²) in [5.41, 5.74) is 5.26. The number of ketones is 1. The molecule has 0 spiro atoms. The average molecular weight is 563 g/mol. The summed E-state index contributed by atoms with van der Waals surface area (Å²) < 4.78 is 68.5. The molecule has 2 heterocycles. The molecule has 5 rings (SSSR count). The number of carbonyl (C=O) groups excluding carboxylic acids is 1. The van der Waals surface area contributed by atoms with Crippen LogP contribution in [0.25, 0.3) is 6.08 Å². The number of nitrogens with one attached hydrogen (secondary N) is 1. The Kier molecular flexibility index (Phi) is 7.00. The van der Waals surface area contributed by atoms with Crippen LogP contribution >= 0.6 is 0 Å². The van der Waals surface area contributed by atoms with E-state index in [4.69, 9.17) is 5.73 Å². The molecule has 13 heteroatoms. The van der Waals surface area contributed by atoms with Gasteiger partial charge in [-0.25, -0.2) is 8.42 Å². The van der Waals surface area contributed by atoms with Gasteiger partial charge in [0.2, 0.25) is 10.0 Å². The van der Waals surface area contributed by atoms with Crippen molar-refractivity contribution in [3.8, 4) is 0 Å². The minimum absolute atomic E-state index is 0.0625. The van der Waals surface area contributed by atoms with Crippen LogP contribution in [0.4, 0.5) is 13.2 Å². The first-order valence-electron chi connectivity index (χ1n) is 12.7. The Hall–Kier alpha value is -3.32. The number of nitrogens with zero attached hydrogens (tertiary/aromatic N) is 4. The lowest BCUT2D eigenvalue weighted by atomic mass is 9.60. The third kappa shape index (κ3) is 5.17. The van der Waals surface area contributed by atoms with Gasteiger partial charge in [0.25, 0.3) is 0 Å². The first-order valence-corrected chi connectivity index (χ1v) is 14.1. The van der Waals surface area contributed by atoms with E-state index in [0.29, 0.717) is 30.9 Å². The fourth-order valence-electron chi connectivity index (χ4n) is 5.43. The highest BCUT2D eigenvalue weighted by Gasteiger charge is 2.51. The van der Waals surface area contributed by atoms with Gasteiger partial charge in [0.15, 0.2) is 5.78 Å². The van der Waals surface area contributed by atoms with Crippen LogP contribution in [-0.2, 0) is 22.6 Å². The molecule has 0 amide bonds. The average Bonchev–Trinajstić information content (AvgIpc) is 3.63. The zero-order valence-electron chi connectivity index (χ0n) is 21.3. The fourth-order valence-corrected chi connectivity index (χ4v) is 6.72. The minimum Gasteiger partial charge on any atom is -0.403 e. The fraction of sp³-hybridized carbons (Fsp3) is 0.462. The number of hydrogen-bond acceptors (Lipinski definition) is 7. The zero-order valence-corrected chi connectivity index (χ0v) is 22.1. The summed E-state index contributed by atoms with van der Waals surface area (Å²) in [6.07, 6.45) is 5.11. The maximum atomic E-state index is 14.1. The Morgan fingerprint density at radius 1 is 1.33 bits per heavy atom. The summed E-state index contributed by atoms with van der Waals surface area (Å²) >= 11 is 0. The molecular formula is C26H29F3N6O3S. The molecule has 2 atom stereocenters. The SMILES string of the molecule is CN([C@H]1CCC2=Cc3[nH]ncc3C[C@]2(C(=O)c2cc(C(F)(F)F)ccn2)C1)S(=O)(=O)C(C=NCC1CC1)=CN. The largest absolute Gasteiger partial charge is 0.416 e. The van der Waals surface area contributed by atoms with Crippen LogP contribution in [0.2, 0.25) is 0 Å². The highest BCUT2D eigenvalue weighted by atomic mass is 32.2. The molecule has 2 saturated carbocycles. The topological polar surface area (TPSA) is 134 Å². The number of sulfonamides is 1. The standard InChI is InChI=1S/C26H29F3N6O3S/c1-35(39(37,38)21(12-30)15-31-13-16-2-3-16)20-5-4-18-8-22-17(14-33-34-22)10-25(18,11-20)24(36)23-9-19(6-7-32-23)26(27,28)29/h6-9,12,14-16,20H,2-5,10-11,13,30H2,1H3,(H,33,34)/t20-,25-/m0/s1. The molecule has 0 radical (unpaired) electrons. The van der Waals surface area contributed by atoms with Gasteiger partial charge in [-0.15, -0.1) is 0 Å². The minimum atomic E-state index is -4.64. The van der Waals surface area contributed by atoms with E-state index < -0.39 is 39.0 Å². The van der Waals surface area contributed by atoms with Crippen LogP contribution in [0.3, 0.4) is 0 Å². The Morgan fingerprint density at radius 3 is 2.79 bits per heavy atom. The lowest BCUT2D eigenvalue weighted by molar-refractivity contribution is -0.137. The first kappa shape index (κ1) is 27.3. The maximum Gasteiger partial charge on any atom is 0.416 e. The lowest BCUT2D eigenvalue weighted by Gasteiger charge is -2.45. The van der Waals surface area contributed by atoms with E-state index >= 15 is 0 Å². The first-order chi connectivity index (χ1) is 18.5. The van der Waals surface area contributed by atoms with Crippen LogP contribution < -0.4 is 5.73 Å². The Balaban J connectivity index is 1.49. The smallest absolute Gasteiger partial charge is 0.403 e. The van der Waals surface area contributed by atoms with Crippen molar-refractivity contribution >= 4 is 28.1 Å². The van der Waals surface area contributed by atoms with Crippen LogP contribution in [0.1, 0.15) is 59.4 Å². The van der Waals surface area contributed by atoms with Gasteiger partial charge in [0.1, 0.15) is 10.6 Å². The summed E-state index contributed by atoms with van der Waals surface area (Å²) in [5.74, 6) is -0.110. The second-order valence-corrected chi connectivity index (χ2v) is 12.4. The van der Waals surface area contributed by atoms with E-state index in [9.17, 15) is 26.4 Å². The van der Waals surface area contributed by atoms with Gasteiger partial charge in [-0.1, -0.05) is 5.57 Å². The number of pyridine rings is 1. The third-order valence-electron chi connectivity index (χ3n) is 7.90. The molecule has 2 fully saturated rings. The molecule has 2 aromatic rings. The van der Waals surface area contributed by atoms with Crippen molar-refractivity contribution in [1.82, 2.24) is 19.5 Å². The monoisotopic (exact) mass is 562 g/mol. The maximum absolute atomic E-state index is 14.1. The quantitative estimate of drug-likeness (QED) is 0.372. The summed E-state index contributed by atoms with van der Waals surface area (Å²) in [6.45, 7) is 0.531. The number of allylic oxidation sites excluding steroid dienone is 2. The molecule has 0 aliphatic heterocycles. The molecule has 3 aliphatic rings. The number of alkyl halides is 3. The second-order valence-electron chi connectivity index (χ2n) is 10.4. The predicted molar refractivity (Wildman–Crippen MR) is 139 cm³/mol. The number of aromatic amines is 1. The van der Waals surface area contributed by atoms with Gasteiger partial charge in [-0.3, -0.25) is 19.9 Å². The predicted octanol–water partition coefficient (Wildman–Crippen LogP) is 3.73. The summed E-state index contributed by atoms with van der Waals surface area (Å²) in [6, 6.07) is 0.951. The van der Waals surface area contributed by atoms with Gasteiger partial charge >= 0.3 is 6.18 Å². The number of carbonyl (C=O) groups is 1. The number of H-pyrrole nitrogens is 1. The van der Waals surface area contributed by atoms with E-state index in [-0.39, 0.29) is 23.4 Å². The highest BCUT2D eigenvalue weighted by Crippen LogP contribution is 2.50. The number of hydrogen-bond donors (Lipinski definition) is 2. The van der Waals surface area contributed by atoms with Crippen LogP contribution in [-0.4, -0.2) is 59.5 Å². The Bertz CT molecular complexity index is 1480. The molecule has 39 heavy (non-hydrogen) atoms. The number of aromatic nitrogens is 3. The van der Waals surface area contributed by atoms with E-state index in [2.05, 4.69) is 20.2 Å². The summed E-state index contributed by atoms with van der Waals surface area (Å²) in [4.78, 5) is 22.2. The van der Waals surface area contributed by atoms with E-state index in [0.717, 1.165) is 48.6 Å². The highest BCUT2D eigenvalue weighted by molar-refractivity contribution is 7.93. The number of aliphatic imine (C=N–C) groups is 1. The number of nitrogens with two attached hydrogens (primary N) is 1. The Morgan fingerprint density at radius 2 is 2.10 bits per heavy atom. The molecule has 0 bridgehead atoms. The van der Waals surface area contributed by atoms with Gasteiger partial charge in [0, 0.05) is 38.2 Å². The van der Waals surface area contributed by atoms with Crippen LogP contribution in [0.15, 0.2) is 46.2 Å². The van der Waals surface area contributed by atoms with Crippen LogP contribution in [0.5, 0.6) is 0 Å². The molecule has 208 valence electrons.